The summed E-state index contributed by atoms with van der Waals surface area (Å²) in [5.41, 5.74) is 1.47. The number of carbonyl (C=O) groups excluding carboxylic acids is 2. The second-order valence-corrected chi connectivity index (χ2v) is 7.06. The van der Waals surface area contributed by atoms with Crippen LogP contribution in [-0.2, 0) is 26.3 Å². The van der Waals surface area contributed by atoms with Crippen LogP contribution >= 0.6 is 0 Å². The van der Waals surface area contributed by atoms with Gasteiger partial charge < -0.3 is 24.1 Å². The highest BCUT2D eigenvalue weighted by molar-refractivity contribution is 5.97. The Morgan fingerprint density at radius 1 is 1.15 bits per heavy atom. The number of aromatic amines is 1. The van der Waals surface area contributed by atoms with Crippen LogP contribution in [0.3, 0.4) is 0 Å². The van der Waals surface area contributed by atoms with Gasteiger partial charge in [-0.25, -0.2) is 4.79 Å². The van der Waals surface area contributed by atoms with Crippen LogP contribution in [0.15, 0.2) is 12.1 Å². The number of fused-ring (bicyclic) bond motifs is 5. The highest BCUT2D eigenvalue weighted by atomic mass is 16.5. The number of esters is 1. The predicted octanol–water partition coefficient (Wildman–Crippen LogP) is 2.51. The van der Waals surface area contributed by atoms with Crippen LogP contribution in [-0.4, -0.2) is 49.6 Å². The Labute approximate surface area is 157 Å². The van der Waals surface area contributed by atoms with E-state index in [0.717, 1.165) is 35.0 Å². The average molecular weight is 372 g/mol. The Bertz CT molecular complexity index is 919. The summed E-state index contributed by atoms with van der Waals surface area (Å²) in [6.07, 6.45) is 3.25. The number of methoxy groups -OCH3 is 3. The molecular weight excluding hydrogens is 348 g/mol. The molecule has 1 atom stereocenters. The number of ether oxygens (including phenoxy) is 3. The number of hydrogen-bond acceptors (Lipinski definition) is 5. The van der Waals surface area contributed by atoms with Crippen molar-refractivity contribution in [2.45, 2.75) is 37.6 Å². The molecule has 1 aromatic carbocycles. The van der Waals surface area contributed by atoms with E-state index < -0.39 is 11.5 Å². The SMILES string of the molecule is COC(=O)C12CCCCC(=O)N1CCc1c2[nH]c2c(OC)c(OC)ccc12. The lowest BCUT2D eigenvalue weighted by atomic mass is 9.81. The maximum atomic E-state index is 13.0. The molecule has 1 amide bonds. The Balaban J connectivity index is 2.02. The van der Waals surface area contributed by atoms with E-state index >= 15 is 0 Å². The number of carbonyl (C=O) groups is 2. The molecule has 2 aliphatic heterocycles. The van der Waals surface area contributed by atoms with Crippen LogP contribution in [0.25, 0.3) is 10.9 Å². The first-order chi connectivity index (χ1) is 13.1. The summed E-state index contributed by atoms with van der Waals surface area (Å²) in [6, 6.07) is 3.84. The number of amides is 1. The molecule has 0 spiro atoms. The molecule has 0 aliphatic carbocycles. The predicted molar refractivity (Wildman–Crippen MR) is 99.0 cm³/mol. The number of benzene rings is 1. The van der Waals surface area contributed by atoms with Gasteiger partial charge >= 0.3 is 5.97 Å². The lowest BCUT2D eigenvalue weighted by molar-refractivity contribution is -0.164. The number of nitrogens with zero attached hydrogens (tertiary/aromatic N) is 1. The lowest BCUT2D eigenvalue weighted by Gasteiger charge is -2.43. The molecule has 4 rings (SSSR count). The van der Waals surface area contributed by atoms with Crippen LogP contribution in [0.4, 0.5) is 0 Å². The van der Waals surface area contributed by atoms with Crippen LogP contribution in [0.1, 0.15) is 36.9 Å². The second kappa shape index (κ2) is 6.48. The molecule has 1 aromatic heterocycles. The zero-order valence-electron chi connectivity index (χ0n) is 15.9. The quantitative estimate of drug-likeness (QED) is 0.838. The fraction of sp³-hybridized carbons (Fsp3) is 0.500. The molecule has 0 bridgehead atoms. The van der Waals surface area contributed by atoms with E-state index in [0.29, 0.717) is 37.3 Å². The molecule has 1 unspecified atom stereocenters. The third-order valence-corrected chi connectivity index (χ3v) is 5.89. The van der Waals surface area contributed by atoms with Gasteiger partial charge in [-0.2, -0.15) is 0 Å². The molecule has 0 saturated carbocycles. The molecule has 0 radical (unpaired) electrons. The molecule has 3 heterocycles. The minimum Gasteiger partial charge on any atom is -0.493 e. The molecule has 1 saturated heterocycles. The fourth-order valence-electron chi connectivity index (χ4n) is 4.67. The number of rotatable bonds is 3. The lowest BCUT2D eigenvalue weighted by Crippen LogP contribution is -2.57. The zero-order chi connectivity index (χ0) is 19.2. The molecule has 7 nitrogen and oxygen atoms in total. The number of H-pyrrole nitrogens is 1. The van der Waals surface area contributed by atoms with Gasteiger partial charge in [0.1, 0.15) is 0 Å². The van der Waals surface area contributed by atoms with Crippen LogP contribution < -0.4 is 9.47 Å². The third-order valence-electron chi connectivity index (χ3n) is 5.89. The molecule has 2 aliphatic rings. The highest BCUT2D eigenvalue weighted by Crippen LogP contribution is 2.47. The van der Waals surface area contributed by atoms with Gasteiger partial charge in [0.2, 0.25) is 5.91 Å². The van der Waals surface area contributed by atoms with E-state index in [1.54, 1.807) is 19.1 Å². The summed E-state index contributed by atoms with van der Waals surface area (Å²) in [6.45, 7) is 0.502. The minimum atomic E-state index is -1.10. The van der Waals surface area contributed by atoms with Crippen molar-refractivity contribution < 1.29 is 23.8 Å². The summed E-state index contributed by atoms with van der Waals surface area (Å²) in [7, 11) is 4.56. The summed E-state index contributed by atoms with van der Waals surface area (Å²) in [5, 5.41) is 0.988. The fourth-order valence-corrected chi connectivity index (χ4v) is 4.67. The Kier molecular flexibility index (Phi) is 4.25. The summed E-state index contributed by atoms with van der Waals surface area (Å²) in [5.74, 6) is 0.823. The number of nitrogens with one attached hydrogen (secondary N) is 1. The van der Waals surface area contributed by atoms with Crippen molar-refractivity contribution in [2.75, 3.05) is 27.9 Å². The van der Waals surface area contributed by atoms with Crippen molar-refractivity contribution >= 4 is 22.8 Å². The first kappa shape index (κ1) is 17.7. The van der Waals surface area contributed by atoms with E-state index in [2.05, 4.69) is 4.98 Å². The number of aromatic nitrogens is 1. The molecular formula is C20H24N2O5. The van der Waals surface area contributed by atoms with E-state index in [1.807, 2.05) is 12.1 Å². The zero-order valence-corrected chi connectivity index (χ0v) is 15.9. The summed E-state index contributed by atoms with van der Waals surface area (Å²) >= 11 is 0. The van der Waals surface area contributed by atoms with Gasteiger partial charge in [-0.05, 0) is 43.4 Å². The van der Waals surface area contributed by atoms with E-state index in [4.69, 9.17) is 14.2 Å². The van der Waals surface area contributed by atoms with Crippen molar-refractivity contribution in [1.82, 2.24) is 9.88 Å². The normalized spacial score (nSPS) is 22.0. The van der Waals surface area contributed by atoms with Crippen LogP contribution in [0, 0.1) is 0 Å². The summed E-state index contributed by atoms with van der Waals surface area (Å²) < 4.78 is 16.2. The Hall–Kier alpha value is -2.70. The van der Waals surface area contributed by atoms with Gasteiger partial charge in [0, 0.05) is 18.4 Å². The van der Waals surface area contributed by atoms with E-state index in [9.17, 15) is 9.59 Å². The van der Waals surface area contributed by atoms with Gasteiger partial charge in [-0.1, -0.05) is 0 Å². The molecule has 7 heteroatoms. The van der Waals surface area contributed by atoms with Crippen molar-refractivity contribution in [1.29, 1.82) is 0 Å². The maximum absolute atomic E-state index is 13.0. The molecule has 1 N–H and O–H groups in total. The van der Waals surface area contributed by atoms with Gasteiger partial charge in [0.05, 0.1) is 32.5 Å². The van der Waals surface area contributed by atoms with E-state index in [1.165, 1.54) is 7.11 Å². The smallest absolute Gasteiger partial charge is 0.338 e. The largest absolute Gasteiger partial charge is 0.493 e. The topological polar surface area (TPSA) is 80.9 Å². The van der Waals surface area contributed by atoms with Crippen molar-refractivity contribution in [3.8, 4) is 11.5 Å². The molecule has 144 valence electrons. The highest BCUT2D eigenvalue weighted by Gasteiger charge is 2.54. The first-order valence-electron chi connectivity index (χ1n) is 9.23. The van der Waals surface area contributed by atoms with Gasteiger partial charge in [0.15, 0.2) is 17.0 Å². The molecule has 1 fully saturated rings. The van der Waals surface area contributed by atoms with Crippen molar-refractivity contribution in [3.05, 3.63) is 23.4 Å². The molecule has 2 aromatic rings. The third kappa shape index (κ3) is 2.33. The molecule has 27 heavy (non-hydrogen) atoms. The van der Waals surface area contributed by atoms with Gasteiger partial charge in [0.25, 0.3) is 0 Å². The van der Waals surface area contributed by atoms with Crippen molar-refractivity contribution in [2.24, 2.45) is 0 Å². The standard InChI is InChI=1S/C20H24N2O5/c1-25-14-8-7-12-13-9-11-22-15(23)6-4-5-10-20(22,19(24)27-3)18(13)21-16(12)17(14)26-2/h7-8,21H,4-6,9-11H2,1-3H3. The average Bonchev–Trinajstić information content (AvgIpc) is 2.99. The second-order valence-electron chi connectivity index (χ2n) is 7.06. The van der Waals surface area contributed by atoms with Crippen molar-refractivity contribution in [3.63, 3.8) is 0 Å². The Morgan fingerprint density at radius 2 is 1.96 bits per heavy atom. The van der Waals surface area contributed by atoms with Gasteiger partial charge in [-0.15, -0.1) is 0 Å². The maximum Gasteiger partial charge on any atom is 0.338 e. The first-order valence-corrected chi connectivity index (χ1v) is 9.23. The van der Waals surface area contributed by atoms with E-state index in [-0.39, 0.29) is 5.91 Å². The van der Waals surface area contributed by atoms with Crippen LogP contribution in [0.5, 0.6) is 11.5 Å². The Morgan fingerprint density at radius 3 is 2.67 bits per heavy atom. The van der Waals surface area contributed by atoms with Crippen LogP contribution in [0.2, 0.25) is 0 Å². The minimum absolute atomic E-state index is 0.00625. The van der Waals surface area contributed by atoms with Gasteiger partial charge in [-0.3, -0.25) is 4.79 Å². The number of hydrogen-bond donors (Lipinski definition) is 1. The summed E-state index contributed by atoms with van der Waals surface area (Å²) in [4.78, 5) is 31.0. The monoisotopic (exact) mass is 372 g/mol.